The lowest BCUT2D eigenvalue weighted by Crippen LogP contribution is -2.69. The molecule has 0 unspecified atom stereocenters. The minimum Gasteiger partial charge on any atom is -0.458 e. The number of cyclic esters (lactones) is 1. The van der Waals surface area contributed by atoms with Gasteiger partial charge in [-0.05, 0) is 81.6 Å². The lowest BCUT2D eigenvalue weighted by atomic mass is 9.41. The third-order valence-electron chi connectivity index (χ3n) is 12.3. The molecule has 0 bridgehead atoms. The second kappa shape index (κ2) is 9.75. The number of carbonyl (C=O) groups is 1. The number of hydrogen-bond donors (Lipinski definition) is 4. The van der Waals surface area contributed by atoms with Gasteiger partial charge in [-0.15, -0.1) is 0 Å². The Bertz CT molecular complexity index is 1000. The Morgan fingerprint density at radius 3 is 2.54 bits per heavy atom. The van der Waals surface area contributed by atoms with E-state index in [9.17, 15) is 25.2 Å². The molecule has 0 aromatic carbocycles. The van der Waals surface area contributed by atoms with Crippen LogP contribution in [-0.2, 0) is 23.7 Å². The number of rotatable bonds is 5. The second-order valence-corrected chi connectivity index (χ2v) is 13.7. The second-order valence-electron chi connectivity index (χ2n) is 13.7. The Hall–Kier alpha value is -1.07. The number of esters is 1. The molecule has 2 heterocycles. The maximum absolute atomic E-state index is 12.4. The van der Waals surface area contributed by atoms with Gasteiger partial charge in [0.25, 0.3) is 0 Å². The van der Waals surface area contributed by atoms with Gasteiger partial charge in [0.15, 0.2) is 6.29 Å². The summed E-state index contributed by atoms with van der Waals surface area (Å²) < 4.78 is 23.0. The summed E-state index contributed by atoms with van der Waals surface area (Å²) in [5, 5.41) is 45.9. The van der Waals surface area contributed by atoms with Crippen molar-refractivity contribution in [3.05, 3.63) is 11.6 Å². The fourth-order valence-electron chi connectivity index (χ4n) is 10.2. The molecule has 220 valence electrons. The van der Waals surface area contributed by atoms with Crippen LogP contribution in [-0.4, -0.2) is 88.6 Å². The molecule has 4 aliphatic carbocycles. The quantitative estimate of drug-likeness (QED) is 0.300. The van der Waals surface area contributed by atoms with Crippen molar-refractivity contribution in [1.82, 2.24) is 0 Å². The van der Waals surface area contributed by atoms with Crippen molar-refractivity contribution in [2.24, 2.45) is 28.6 Å². The monoisotopic (exact) mass is 550 g/mol. The van der Waals surface area contributed by atoms with Crippen molar-refractivity contribution in [2.45, 2.75) is 120 Å². The topological polar surface area (TPSA) is 135 Å². The van der Waals surface area contributed by atoms with Gasteiger partial charge in [0.1, 0.15) is 12.7 Å². The van der Waals surface area contributed by atoms with E-state index in [2.05, 4.69) is 6.92 Å². The van der Waals surface area contributed by atoms with Crippen LogP contribution < -0.4 is 0 Å². The van der Waals surface area contributed by atoms with Crippen LogP contribution in [0.25, 0.3) is 0 Å². The van der Waals surface area contributed by atoms with E-state index < -0.39 is 35.1 Å². The standard InChI is InChI=1S/C30H46O9/c1-17-26(33)23(36-3)13-25(38-17)39-19-4-9-28(16-31)21-5-8-27(2)20(18-12-24(32)37-15-18)7-11-30(27,35)22(21)6-10-29(28,34)14-19/h12,17,19-23,25-26,31,33-35H,4-11,13-16H2,1-3H3/t17-,19+,20-,21+,22-,23+,25+,26-,27-,28-,29+,30+/m1/s1. The zero-order valence-electron chi connectivity index (χ0n) is 23.5. The molecule has 0 aromatic heterocycles. The highest BCUT2D eigenvalue weighted by atomic mass is 16.7. The lowest BCUT2D eigenvalue weighted by Gasteiger charge is -2.66. The van der Waals surface area contributed by atoms with Gasteiger partial charge < -0.3 is 39.4 Å². The third-order valence-corrected chi connectivity index (χ3v) is 12.3. The van der Waals surface area contributed by atoms with Gasteiger partial charge in [0.05, 0.1) is 36.1 Å². The van der Waals surface area contributed by atoms with Crippen LogP contribution in [0.3, 0.4) is 0 Å². The van der Waals surface area contributed by atoms with Crippen molar-refractivity contribution in [3.63, 3.8) is 0 Å². The highest BCUT2D eigenvalue weighted by Gasteiger charge is 2.71. The molecular formula is C30H46O9. The van der Waals surface area contributed by atoms with E-state index >= 15 is 0 Å². The molecule has 1 saturated heterocycles. The molecule has 6 rings (SSSR count). The van der Waals surface area contributed by atoms with E-state index in [4.69, 9.17) is 18.9 Å². The van der Waals surface area contributed by atoms with Crippen LogP contribution in [0.15, 0.2) is 11.6 Å². The van der Waals surface area contributed by atoms with Crippen LogP contribution in [0, 0.1) is 28.6 Å². The number of hydrogen-bond acceptors (Lipinski definition) is 9. The first-order chi connectivity index (χ1) is 18.5. The molecule has 0 amide bonds. The van der Waals surface area contributed by atoms with Crippen molar-refractivity contribution >= 4 is 5.97 Å². The van der Waals surface area contributed by atoms with Crippen molar-refractivity contribution < 1.29 is 44.2 Å². The predicted octanol–water partition coefficient (Wildman–Crippen LogP) is 2.23. The zero-order chi connectivity index (χ0) is 27.8. The summed E-state index contributed by atoms with van der Waals surface area (Å²) in [4.78, 5) is 11.8. The highest BCUT2D eigenvalue weighted by molar-refractivity contribution is 5.85. The van der Waals surface area contributed by atoms with Crippen LogP contribution >= 0.6 is 0 Å². The van der Waals surface area contributed by atoms with E-state index in [0.29, 0.717) is 51.6 Å². The number of fused-ring (bicyclic) bond motifs is 5. The number of methoxy groups -OCH3 is 1. The Morgan fingerprint density at radius 1 is 1.08 bits per heavy atom. The van der Waals surface area contributed by atoms with Crippen LogP contribution in [0.4, 0.5) is 0 Å². The van der Waals surface area contributed by atoms with Crippen LogP contribution in [0.1, 0.15) is 78.1 Å². The average molecular weight is 551 g/mol. The molecule has 9 nitrogen and oxygen atoms in total. The summed E-state index contributed by atoms with van der Waals surface area (Å²) in [5.41, 5.74) is -2.06. The molecule has 4 saturated carbocycles. The minimum absolute atomic E-state index is 0.00781. The summed E-state index contributed by atoms with van der Waals surface area (Å²) in [6, 6.07) is 0. The molecule has 5 fully saturated rings. The van der Waals surface area contributed by atoms with Crippen LogP contribution in [0.5, 0.6) is 0 Å². The maximum Gasteiger partial charge on any atom is 0.331 e. The van der Waals surface area contributed by atoms with Crippen LogP contribution in [0.2, 0.25) is 0 Å². The van der Waals surface area contributed by atoms with E-state index in [1.54, 1.807) is 13.2 Å². The predicted molar refractivity (Wildman–Crippen MR) is 139 cm³/mol. The number of aliphatic hydroxyl groups is 4. The minimum atomic E-state index is -1.09. The highest BCUT2D eigenvalue weighted by Crippen LogP contribution is 2.70. The summed E-state index contributed by atoms with van der Waals surface area (Å²) >= 11 is 0. The molecule has 2 aliphatic heterocycles. The molecular weight excluding hydrogens is 504 g/mol. The van der Waals surface area contributed by atoms with E-state index in [-0.39, 0.29) is 48.0 Å². The van der Waals surface area contributed by atoms with Gasteiger partial charge in [-0.3, -0.25) is 0 Å². The Labute approximate surface area is 230 Å². The first kappa shape index (κ1) is 28.1. The molecule has 39 heavy (non-hydrogen) atoms. The van der Waals surface area contributed by atoms with Crippen molar-refractivity contribution in [3.8, 4) is 0 Å². The Morgan fingerprint density at radius 2 is 1.85 bits per heavy atom. The smallest absolute Gasteiger partial charge is 0.331 e. The Balaban J connectivity index is 1.20. The maximum atomic E-state index is 12.4. The molecule has 4 N–H and O–H groups in total. The number of ether oxygens (including phenoxy) is 4. The molecule has 6 aliphatic rings. The first-order valence-electron chi connectivity index (χ1n) is 14.9. The average Bonchev–Trinajstić information content (AvgIpc) is 3.45. The molecule has 9 heteroatoms. The zero-order valence-corrected chi connectivity index (χ0v) is 23.5. The number of aliphatic hydroxyl groups excluding tert-OH is 2. The van der Waals surface area contributed by atoms with Crippen molar-refractivity contribution in [2.75, 3.05) is 20.3 Å². The largest absolute Gasteiger partial charge is 0.458 e. The van der Waals surface area contributed by atoms with Gasteiger partial charge in [-0.1, -0.05) is 6.92 Å². The fraction of sp³-hybridized carbons (Fsp3) is 0.900. The first-order valence-corrected chi connectivity index (χ1v) is 14.9. The van der Waals surface area contributed by atoms with Gasteiger partial charge in [-0.2, -0.15) is 0 Å². The van der Waals surface area contributed by atoms with E-state index in [0.717, 1.165) is 24.8 Å². The number of carbonyl (C=O) groups excluding carboxylic acids is 1. The van der Waals surface area contributed by atoms with Gasteiger partial charge in [-0.25, -0.2) is 4.79 Å². The summed E-state index contributed by atoms with van der Waals surface area (Å²) in [5.74, 6) is -0.192. The normalized spacial score (nSPS) is 53.4. The summed E-state index contributed by atoms with van der Waals surface area (Å²) in [6.07, 6.45) is 5.82. The lowest BCUT2D eigenvalue weighted by molar-refractivity contribution is -0.298. The summed E-state index contributed by atoms with van der Waals surface area (Å²) in [6.45, 7) is 4.19. The van der Waals surface area contributed by atoms with E-state index in [1.165, 1.54) is 0 Å². The third kappa shape index (κ3) is 4.02. The molecule has 0 radical (unpaired) electrons. The van der Waals surface area contributed by atoms with E-state index in [1.807, 2.05) is 6.92 Å². The van der Waals surface area contributed by atoms with Gasteiger partial charge in [0, 0.05) is 36.9 Å². The summed E-state index contributed by atoms with van der Waals surface area (Å²) in [7, 11) is 1.58. The SMILES string of the molecule is CO[C@H]1C[C@H](O[C@H]2CC[C@@]3(CO)[C@H]4CC[C@]5(C)[C@@H](C6=CC(=O)OC6)CC[C@]5(O)[C@@H]4CC[C@]3(O)C2)O[C@H](C)[C@H]1O. The fourth-order valence-corrected chi connectivity index (χ4v) is 10.2. The molecule has 0 spiro atoms. The molecule has 0 aromatic rings. The van der Waals surface area contributed by atoms with Gasteiger partial charge in [0.2, 0.25) is 0 Å². The Kier molecular flexibility index (Phi) is 7.02. The van der Waals surface area contributed by atoms with Crippen molar-refractivity contribution in [1.29, 1.82) is 0 Å². The van der Waals surface area contributed by atoms with Gasteiger partial charge >= 0.3 is 5.97 Å². The molecule has 12 atom stereocenters.